The van der Waals surface area contributed by atoms with E-state index in [9.17, 15) is 4.79 Å². The maximum absolute atomic E-state index is 13.0. The Morgan fingerprint density at radius 1 is 1.20 bits per heavy atom. The number of halogens is 2. The molecule has 6 nitrogen and oxygen atoms in total. The first-order valence-electron chi connectivity index (χ1n) is 10.2. The van der Waals surface area contributed by atoms with Gasteiger partial charge < -0.3 is 20.7 Å². The van der Waals surface area contributed by atoms with Gasteiger partial charge >= 0.3 is 0 Å². The zero-order chi connectivity index (χ0) is 21.5. The van der Waals surface area contributed by atoms with Crippen LogP contribution in [-0.4, -0.2) is 34.6 Å². The molecule has 0 unspecified atom stereocenters. The van der Waals surface area contributed by atoms with Crippen molar-refractivity contribution in [2.75, 3.05) is 10.6 Å². The molecule has 2 aliphatic heterocycles. The Morgan fingerprint density at radius 2 is 1.90 bits per heavy atom. The van der Waals surface area contributed by atoms with E-state index in [1.54, 1.807) is 38.2 Å². The second-order valence-corrected chi connectivity index (χ2v) is 9.41. The van der Waals surface area contributed by atoms with Gasteiger partial charge in [-0.05, 0) is 69.9 Å². The summed E-state index contributed by atoms with van der Waals surface area (Å²) in [5, 5.41) is 4.09. The van der Waals surface area contributed by atoms with Crippen LogP contribution in [0.25, 0.3) is 0 Å². The summed E-state index contributed by atoms with van der Waals surface area (Å²) >= 11 is 12.1. The van der Waals surface area contributed by atoms with Gasteiger partial charge in [-0.15, -0.1) is 0 Å². The smallest absolute Gasteiger partial charge is 0.263 e. The highest BCUT2D eigenvalue weighted by Gasteiger charge is 2.43. The molecule has 0 spiro atoms. The van der Waals surface area contributed by atoms with Crippen LogP contribution in [0.15, 0.2) is 36.5 Å². The SMILES string of the molecule is CC(C)(Oc1ccc(Cl)cc1Cl)C(=O)N[C@H]1C[C@H]2CC[C@@H](C1)N2c1ccc(N)cn1. The number of carbonyl (C=O) groups is 1. The highest BCUT2D eigenvalue weighted by atomic mass is 35.5. The summed E-state index contributed by atoms with van der Waals surface area (Å²) in [6.07, 6.45) is 5.66. The fraction of sp³-hybridized carbons (Fsp3) is 0.455. The predicted molar refractivity (Wildman–Crippen MR) is 120 cm³/mol. The molecule has 1 aromatic carbocycles. The molecule has 3 N–H and O–H groups in total. The van der Waals surface area contributed by atoms with Crippen molar-refractivity contribution in [2.24, 2.45) is 0 Å². The first-order valence-corrected chi connectivity index (χ1v) is 10.9. The minimum Gasteiger partial charge on any atom is -0.476 e. The third kappa shape index (κ3) is 4.30. The van der Waals surface area contributed by atoms with E-state index in [4.69, 9.17) is 33.7 Å². The second kappa shape index (κ2) is 8.16. The van der Waals surface area contributed by atoms with Gasteiger partial charge in [0.05, 0.1) is 16.9 Å². The molecule has 4 rings (SSSR count). The van der Waals surface area contributed by atoms with Crippen molar-refractivity contribution < 1.29 is 9.53 Å². The average molecular weight is 449 g/mol. The molecule has 0 radical (unpaired) electrons. The number of fused-ring (bicyclic) bond motifs is 2. The molecule has 1 amide bonds. The maximum atomic E-state index is 13.0. The summed E-state index contributed by atoms with van der Waals surface area (Å²) in [5.41, 5.74) is 5.38. The van der Waals surface area contributed by atoms with Gasteiger partial charge in [0.25, 0.3) is 5.91 Å². The van der Waals surface area contributed by atoms with Crippen LogP contribution in [0.3, 0.4) is 0 Å². The lowest BCUT2D eigenvalue weighted by molar-refractivity contribution is -0.135. The van der Waals surface area contributed by atoms with E-state index < -0.39 is 5.60 Å². The summed E-state index contributed by atoms with van der Waals surface area (Å²) in [5.74, 6) is 1.24. The van der Waals surface area contributed by atoms with Crippen LogP contribution in [0.2, 0.25) is 10.0 Å². The molecule has 3 atom stereocenters. The summed E-state index contributed by atoms with van der Waals surface area (Å²) in [4.78, 5) is 19.9. The normalized spacial score (nSPS) is 23.3. The monoisotopic (exact) mass is 448 g/mol. The van der Waals surface area contributed by atoms with Gasteiger partial charge in [-0.25, -0.2) is 4.98 Å². The highest BCUT2D eigenvalue weighted by Crippen LogP contribution is 2.39. The average Bonchev–Trinajstić information content (AvgIpc) is 2.95. The van der Waals surface area contributed by atoms with E-state index in [1.807, 2.05) is 12.1 Å². The van der Waals surface area contributed by atoms with Crippen molar-refractivity contribution in [3.8, 4) is 5.75 Å². The Labute approximate surface area is 186 Å². The Morgan fingerprint density at radius 3 is 2.50 bits per heavy atom. The lowest BCUT2D eigenvalue weighted by atomic mass is 9.96. The van der Waals surface area contributed by atoms with E-state index in [1.165, 1.54) is 0 Å². The lowest BCUT2D eigenvalue weighted by Crippen LogP contribution is -2.55. The molecule has 0 saturated carbocycles. The predicted octanol–water partition coefficient (Wildman–Crippen LogP) is 4.44. The quantitative estimate of drug-likeness (QED) is 0.706. The standard InChI is InChI=1S/C22H26Cl2N4O2/c1-22(2,30-19-7-3-13(23)9-18(19)24)21(29)27-15-10-16-5-6-17(11-15)28(16)20-8-4-14(25)12-26-20/h3-4,7-9,12,15-17H,5-6,10-11,25H2,1-2H3,(H,27,29)/t15-,16+,17-. The number of aromatic nitrogens is 1. The van der Waals surface area contributed by atoms with Gasteiger partial charge in [-0.2, -0.15) is 0 Å². The van der Waals surface area contributed by atoms with Crippen molar-refractivity contribution in [3.05, 3.63) is 46.6 Å². The van der Waals surface area contributed by atoms with Crippen LogP contribution in [0.5, 0.6) is 5.75 Å². The van der Waals surface area contributed by atoms with Crippen molar-refractivity contribution in [3.63, 3.8) is 0 Å². The van der Waals surface area contributed by atoms with Crippen LogP contribution in [0.4, 0.5) is 11.5 Å². The summed E-state index contributed by atoms with van der Waals surface area (Å²) in [6.45, 7) is 3.49. The topological polar surface area (TPSA) is 80.5 Å². The Hall–Kier alpha value is -2.18. The van der Waals surface area contributed by atoms with Crippen molar-refractivity contribution in [1.82, 2.24) is 10.3 Å². The van der Waals surface area contributed by atoms with E-state index in [0.717, 1.165) is 31.5 Å². The first kappa shape index (κ1) is 21.1. The van der Waals surface area contributed by atoms with Gasteiger partial charge in [0, 0.05) is 23.1 Å². The zero-order valence-electron chi connectivity index (χ0n) is 17.1. The van der Waals surface area contributed by atoms with E-state index in [-0.39, 0.29) is 11.9 Å². The van der Waals surface area contributed by atoms with Crippen LogP contribution in [0, 0.1) is 0 Å². The van der Waals surface area contributed by atoms with Crippen molar-refractivity contribution >= 4 is 40.6 Å². The zero-order valence-corrected chi connectivity index (χ0v) is 18.6. The fourth-order valence-corrected chi connectivity index (χ4v) is 4.90. The van der Waals surface area contributed by atoms with Gasteiger partial charge in [0.1, 0.15) is 11.6 Å². The maximum Gasteiger partial charge on any atom is 0.263 e. The molecule has 2 saturated heterocycles. The van der Waals surface area contributed by atoms with Gasteiger partial charge in [-0.3, -0.25) is 4.79 Å². The van der Waals surface area contributed by atoms with Gasteiger partial charge in [-0.1, -0.05) is 23.2 Å². The number of pyridine rings is 1. The third-order valence-corrected chi connectivity index (χ3v) is 6.44. The van der Waals surface area contributed by atoms with Crippen LogP contribution in [0.1, 0.15) is 39.5 Å². The Balaban J connectivity index is 1.40. The van der Waals surface area contributed by atoms with E-state index in [2.05, 4.69) is 15.2 Å². The van der Waals surface area contributed by atoms with Gasteiger partial charge in [0.2, 0.25) is 0 Å². The van der Waals surface area contributed by atoms with E-state index >= 15 is 0 Å². The molecule has 2 aliphatic rings. The number of piperidine rings is 1. The number of hydrogen-bond acceptors (Lipinski definition) is 5. The van der Waals surface area contributed by atoms with Crippen molar-refractivity contribution in [1.29, 1.82) is 0 Å². The number of hydrogen-bond donors (Lipinski definition) is 2. The molecular weight excluding hydrogens is 423 g/mol. The number of amides is 1. The van der Waals surface area contributed by atoms with Crippen LogP contribution in [-0.2, 0) is 4.79 Å². The number of nitrogens with zero attached hydrogens (tertiary/aromatic N) is 2. The molecule has 0 aliphatic carbocycles. The summed E-state index contributed by atoms with van der Waals surface area (Å²) in [6, 6.07) is 9.66. The molecule has 30 heavy (non-hydrogen) atoms. The third-order valence-electron chi connectivity index (χ3n) is 5.91. The summed E-state index contributed by atoms with van der Waals surface area (Å²) in [7, 11) is 0. The largest absolute Gasteiger partial charge is 0.476 e. The number of rotatable bonds is 5. The molecule has 2 bridgehead atoms. The highest BCUT2D eigenvalue weighted by molar-refractivity contribution is 6.35. The number of carbonyl (C=O) groups excluding carboxylic acids is 1. The van der Waals surface area contributed by atoms with E-state index in [0.29, 0.717) is 33.6 Å². The Bertz CT molecular complexity index is 921. The lowest BCUT2D eigenvalue weighted by Gasteiger charge is -2.40. The number of benzene rings is 1. The minimum absolute atomic E-state index is 0.101. The molecular formula is C22H26Cl2N4O2. The number of nitrogen functional groups attached to an aromatic ring is 1. The molecule has 1 aromatic heterocycles. The number of nitrogens with one attached hydrogen (secondary N) is 1. The fourth-order valence-electron chi connectivity index (χ4n) is 4.46. The number of anilines is 2. The molecule has 2 aromatic rings. The molecule has 160 valence electrons. The molecule has 2 fully saturated rings. The summed E-state index contributed by atoms with van der Waals surface area (Å²) < 4.78 is 5.93. The van der Waals surface area contributed by atoms with Crippen LogP contribution >= 0.6 is 23.2 Å². The molecule has 8 heteroatoms. The number of ether oxygens (including phenoxy) is 1. The van der Waals surface area contributed by atoms with Crippen molar-refractivity contribution in [2.45, 2.75) is 63.3 Å². The molecule has 3 heterocycles. The first-order chi connectivity index (χ1) is 14.2. The van der Waals surface area contributed by atoms with Crippen LogP contribution < -0.4 is 20.7 Å². The number of nitrogens with two attached hydrogens (primary N) is 1. The minimum atomic E-state index is -1.06. The Kier molecular flexibility index (Phi) is 5.73. The van der Waals surface area contributed by atoms with Gasteiger partial charge in [0.15, 0.2) is 5.60 Å². The second-order valence-electron chi connectivity index (χ2n) is 8.57.